The molecule has 9 heteroatoms. The van der Waals surface area contributed by atoms with E-state index in [0.717, 1.165) is 70.2 Å². The standard InChI is InChI=1S/C18H41N9/c1-24(2)13-7-10-19-17-16-18(20-11-8-14-25(3)4)23-27(22-17)21-12-9-15-26(5)6/h16,19,21-22H,7-15H2,1-6H3,(H,20,23). The molecule has 9 nitrogen and oxygen atoms in total. The van der Waals surface area contributed by atoms with E-state index in [1.165, 1.54) is 0 Å². The summed E-state index contributed by atoms with van der Waals surface area (Å²) < 4.78 is 0. The Kier molecular flexibility index (Phi) is 11.8. The molecule has 4 N–H and O–H groups in total. The summed E-state index contributed by atoms with van der Waals surface area (Å²) in [6.45, 7) is 5.85. The molecule has 1 rings (SSSR count). The van der Waals surface area contributed by atoms with Gasteiger partial charge in [-0.1, -0.05) is 0 Å². The average molecular weight is 384 g/mol. The number of hydrazone groups is 1. The molecule has 1 aliphatic rings. The van der Waals surface area contributed by atoms with Gasteiger partial charge >= 0.3 is 0 Å². The van der Waals surface area contributed by atoms with E-state index in [2.05, 4.69) is 83.6 Å². The van der Waals surface area contributed by atoms with E-state index in [9.17, 15) is 0 Å². The van der Waals surface area contributed by atoms with E-state index in [0.29, 0.717) is 0 Å². The molecule has 1 aliphatic heterocycles. The summed E-state index contributed by atoms with van der Waals surface area (Å²) in [6, 6.07) is 0. The Hall–Kier alpha value is -1.55. The largest absolute Gasteiger partial charge is 0.370 e. The third kappa shape index (κ3) is 12.5. The first-order valence-corrected chi connectivity index (χ1v) is 9.89. The zero-order valence-electron chi connectivity index (χ0n) is 18.2. The third-order valence-corrected chi connectivity index (χ3v) is 3.94. The lowest BCUT2D eigenvalue weighted by Crippen LogP contribution is -2.51. The minimum atomic E-state index is 0.858. The summed E-state index contributed by atoms with van der Waals surface area (Å²) in [5.74, 6) is 1.82. The van der Waals surface area contributed by atoms with Crippen molar-refractivity contribution in [1.82, 2.24) is 41.4 Å². The van der Waals surface area contributed by atoms with Gasteiger partial charge in [-0.3, -0.25) is 5.43 Å². The van der Waals surface area contributed by atoms with Gasteiger partial charge in [-0.15, -0.1) is 10.3 Å². The normalized spacial score (nSPS) is 14.5. The maximum atomic E-state index is 4.59. The first-order valence-electron chi connectivity index (χ1n) is 9.89. The van der Waals surface area contributed by atoms with E-state index in [1.807, 2.05) is 6.08 Å². The molecule has 1 heterocycles. The Bertz CT molecular complexity index is 446. The van der Waals surface area contributed by atoms with Crippen LogP contribution in [0.5, 0.6) is 0 Å². The smallest absolute Gasteiger partial charge is 0.153 e. The lowest BCUT2D eigenvalue weighted by Gasteiger charge is -2.28. The molecule has 0 aromatic carbocycles. The van der Waals surface area contributed by atoms with Gasteiger partial charge in [-0.05, 0) is 81.2 Å². The van der Waals surface area contributed by atoms with Crippen molar-refractivity contribution in [3.8, 4) is 0 Å². The molecular formula is C18H41N9. The van der Waals surface area contributed by atoms with Crippen molar-refractivity contribution in [1.29, 1.82) is 0 Å². The van der Waals surface area contributed by atoms with E-state index in [-0.39, 0.29) is 0 Å². The SMILES string of the molecule is CN(C)CCCNC1=CC(NCCCN(C)C)=NN(NCCCN(C)C)N1. The minimum absolute atomic E-state index is 0.858. The Morgan fingerprint density at radius 1 is 0.815 bits per heavy atom. The van der Waals surface area contributed by atoms with Crippen molar-refractivity contribution in [2.45, 2.75) is 19.3 Å². The highest BCUT2D eigenvalue weighted by Gasteiger charge is 2.12. The first-order chi connectivity index (χ1) is 12.9. The van der Waals surface area contributed by atoms with Crippen molar-refractivity contribution in [2.75, 3.05) is 81.6 Å². The van der Waals surface area contributed by atoms with Crippen LogP contribution >= 0.6 is 0 Å². The third-order valence-electron chi connectivity index (χ3n) is 3.94. The molecule has 0 amide bonds. The number of hydrogen-bond donors (Lipinski definition) is 4. The fourth-order valence-corrected chi connectivity index (χ4v) is 2.51. The van der Waals surface area contributed by atoms with E-state index in [1.54, 1.807) is 5.23 Å². The highest BCUT2D eigenvalue weighted by molar-refractivity contribution is 5.93. The van der Waals surface area contributed by atoms with Gasteiger partial charge in [-0.25, -0.2) is 0 Å². The van der Waals surface area contributed by atoms with Crippen molar-refractivity contribution >= 4 is 5.84 Å². The molecule has 0 radical (unpaired) electrons. The summed E-state index contributed by atoms with van der Waals surface area (Å²) in [7, 11) is 12.6. The van der Waals surface area contributed by atoms with E-state index in [4.69, 9.17) is 0 Å². The van der Waals surface area contributed by atoms with E-state index >= 15 is 0 Å². The highest BCUT2D eigenvalue weighted by Crippen LogP contribution is 1.98. The van der Waals surface area contributed by atoms with Crippen LogP contribution in [0.15, 0.2) is 17.0 Å². The minimum Gasteiger partial charge on any atom is -0.370 e. The molecule has 0 saturated carbocycles. The van der Waals surface area contributed by atoms with Gasteiger partial charge < -0.3 is 25.3 Å². The van der Waals surface area contributed by atoms with E-state index < -0.39 is 0 Å². The number of rotatable bonds is 14. The lowest BCUT2D eigenvalue weighted by molar-refractivity contribution is 0.128. The quantitative estimate of drug-likeness (QED) is 0.299. The number of hydrazine groups is 2. The number of hydrogen-bond acceptors (Lipinski definition) is 9. The monoisotopic (exact) mass is 383 g/mol. The predicted octanol–water partition coefficient (Wildman–Crippen LogP) is -0.500. The fourth-order valence-electron chi connectivity index (χ4n) is 2.51. The molecule has 158 valence electrons. The van der Waals surface area contributed by atoms with Crippen molar-refractivity contribution in [3.05, 3.63) is 11.9 Å². The molecule has 0 saturated heterocycles. The molecule has 0 aromatic rings. The Morgan fingerprint density at radius 2 is 1.33 bits per heavy atom. The van der Waals surface area contributed by atoms with Crippen LogP contribution in [0, 0.1) is 0 Å². The van der Waals surface area contributed by atoms with Crippen molar-refractivity contribution in [3.63, 3.8) is 0 Å². The fraction of sp³-hybridized carbons (Fsp3) is 0.833. The highest BCUT2D eigenvalue weighted by atomic mass is 15.9. The van der Waals surface area contributed by atoms with Crippen LogP contribution in [0.25, 0.3) is 0 Å². The summed E-state index contributed by atoms with van der Waals surface area (Å²) in [5, 5.41) is 13.2. The molecular weight excluding hydrogens is 342 g/mol. The number of amidine groups is 1. The van der Waals surface area contributed by atoms with Crippen LogP contribution in [-0.2, 0) is 0 Å². The summed E-state index contributed by atoms with van der Waals surface area (Å²) >= 11 is 0. The van der Waals surface area contributed by atoms with Gasteiger partial charge in [0, 0.05) is 25.7 Å². The van der Waals surface area contributed by atoms with Crippen LogP contribution in [0.2, 0.25) is 0 Å². The van der Waals surface area contributed by atoms with Crippen LogP contribution in [0.3, 0.4) is 0 Å². The van der Waals surface area contributed by atoms with Crippen LogP contribution in [0.4, 0.5) is 0 Å². The maximum absolute atomic E-state index is 4.59. The first kappa shape index (κ1) is 23.5. The number of nitrogens with zero attached hydrogens (tertiary/aromatic N) is 5. The van der Waals surface area contributed by atoms with Crippen LogP contribution in [0.1, 0.15) is 19.3 Å². The zero-order valence-corrected chi connectivity index (χ0v) is 18.2. The molecule has 0 fully saturated rings. The summed E-state index contributed by atoms with van der Waals surface area (Å²) in [5.41, 5.74) is 6.60. The molecule has 0 spiro atoms. The van der Waals surface area contributed by atoms with Crippen LogP contribution in [-0.4, -0.2) is 107 Å². The van der Waals surface area contributed by atoms with Gasteiger partial charge in [-0.2, -0.15) is 5.43 Å². The second-order valence-corrected chi connectivity index (χ2v) is 7.70. The number of nitrogens with one attached hydrogen (secondary N) is 4. The maximum Gasteiger partial charge on any atom is 0.153 e. The van der Waals surface area contributed by atoms with Gasteiger partial charge in [0.05, 0.1) is 0 Å². The predicted molar refractivity (Wildman–Crippen MR) is 114 cm³/mol. The second-order valence-electron chi connectivity index (χ2n) is 7.70. The molecule has 0 atom stereocenters. The second kappa shape index (κ2) is 13.6. The Balaban J connectivity index is 2.49. The van der Waals surface area contributed by atoms with Gasteiger partial charge in [0.2, 0.25) is 0 Å². The van der Waals surface area contributed by atoms with Gasteiger partial charge in [0.15, 0.2) is 5.84 Å². The van der Waals surface area contributed by atoms with Gasteiger partial charge in [0.25, 0.3) is 0 Å². The van der Waals surface area contributed by atoms with Crippen LogP contribution < -0.4 is 21.5 Å². The Labute approximate surface area is 165 Å². The van der Waals surface area contributed by atoms with Crippen molar-refractivity contribution < 1.29 is 0 Å². The molecule has 0 unspecified atom stereocenters. The summed E-state index contributed by atoms with van der Waals surface area (Å²) in [4.78, 5) is 6.57. The zero-order chi connectivity index (χ0) is 20.1. The Morgan fingerprint density at radius 3 is 1.89 bits per heavy atom. The summed E-state index contributed by atoms with van der Waals surface area (Å²) in [6.07, 6.45) is 5.26. The topological polar surface area (TPSA) is 73.4 Å². The average Bonchev–Trinajstić information content (AvgIpc) is 2.59. The molecule has 0 bridgehead atoms. The van der Waals surface area contributed by atoms with Crippen molar-refractivity contribution in [2.24, 2.45) is 5.10 Å². The lowest BCUT2D eigenvalue weighted by atomic mass is 10.3. The molecule has 27 heavy (non-hydrogen) atoms. The molecule has 0 aliphatic carbocycles. The van der Waals surface area contributed by atoms with Gasteiger partial charge in [0.1, 0.15) is 5.82 Å². The molecule has 0 aromatic heterocycles.